The normalized spacial score (nSPS) is 13.0. The molecule has 2 aromatic rings. The van der Waals surface area contributed by atoms with Crippen LogP contribution in [0, 0.1) is 0 Å². The average molecular weight is 281 g/mol. The van der Waals surface area contributed by atoms with Crippen LogP contribution in [0.4, 0.5) is 0 Å². The first-order valence-corrected chi connectivity index (χ1v) is 6.41. The monoisotopic (exact) mass is 281 g/mol. The molecule has 2 rings (SSSR count). The summed E-state index contributed by atoms with van der Waals surface area (Å²) >= 11 is 0. The molecule has 0 saturated heterocycles. The summed E-state index contributed by atoms with van der Waals surface area (Å²) in [6.45, 7) is 2.72. The quantitative estimate of drug-likeness (QED) is 0.717. The number of aromatic nitrogens is 4. The number of rotatable bonds is 5. The molecule has 0 fully saturated rings. The standard InChI is InChI=1S/C12H19N5O3/c1-7(13)9-14-8-10(15-9)17(5-4-6-20-3)12(19)16(2)11(8)18/h7H,4-6,13H2,1-3H3,(H,14,15). The zero-order valence-electron chi connectivity index (χ0n) is 11.8. The van der Waals surface area contributed by atoms with E-state index in [9.17, 15) is 9.59 Å². The summed E-state index contributed by atoms with van der Waals surface area (Å²) in [6, 6.07) is -0.338. The van der Waals surface area contributed by atoms with E-state index < -0.39 is 5.56 Å². The molecule has 0 bridgehead atoms. The number of nitrogens with one attached hydrogen (secondary N) is 1. The van der Waals surface area contributed by atoms with Gasteiger partial charge in [0.25, 0.3) is 5.56 Å². The van der Waals surface area contributed by atoms with E-state index in [4.69, 9.17) is 10.5 Å². The summed E-state index contributed by atoms with van der Waals surface area (Å²) < 4.78 is 7.52. The Morgan fingerprint density at radius 3 is 2.75 bits per heavy atom. The van der Waals surface area contributed by atoms with Gasteiger partial charge < -0.3 is 15.5 Å². The Labute approximate surface area is 115 Å². The van der Waals surface area contributed by atoms with Gasteiger partial charge >= 0.3 is 5.69 Å². The highest BCUT2D eigenvalue weighted by atomic mass is 16.5. The van der Waals surface area contributed by atoms with Gasteiger partial charge in [0.2, 0.25) is 0 Å². The molecule has 110 valence electrons. The molecule has 1 atom stereocenters. The minimum Gasteiger partial charge on any atom is -0.385 e. The van der Waals surface area contributed by atoms with Crippen LogP contribution in [-0.2, 0) is 18.3 Å². The van der Waals surface area contributed by atoms with Crippen LogP contribution >= 0.6 is 0 Å². The van der Waals surface area contributed by atoms with Gasteiger partial charge in [0.15, 0.2) is 5.65 Å². The van der Waals surface area contributed by atoms with Gasteiger partial charge in [-0.3, -0.25) is 13.9 Å². The second kappa shape index (κ2) is 5.59. The van der Waals surface area contributed by atoms with E-state index in [0.717, 1.165) is 4.57 Å². The van der Waals surface area contributed by atoms with Gasteiger partial charge in [0.1, 0.15) is 11.3 Å². The first-order chi connectivity index (χ1) is 9.47. The second-order valence-electron chi connectivity index (χ2n) is 4.75. The van der Waals surface area contributed by atoms with Crippen molar-refractivity contribution in [2.24, 2.45) is 12.8 Å². The van der Waals surface area contributed by atoms with E-state index in [0.29, 0.717) is 36.6 Å². The Hall–Kier alpha value is -1.93. The predicted molar refractivity (Wildman–Crippen MR) is 74.7 cm³/mol. The summed E-state index contributed by atoms with van der Waals surface area (Å²) in [5.41, 5.74) is 5.63. The Balaban J connectivity index is 2.65. The summed E-state index contributed by atoms with van der Waals surface area (Å²) in [5, 5.41) is 0. The Morgan fingerprint density at radius 2 is 2.15 bits per heavy atom. The fraction of sp³-hybridized carbons (Fsp3) is 0.583. The lowest BCUT2D eigenvalue weighted by molar-refractivity contribution is 0.190. The maximum absolute atomic E-state index is 12.2. The molecule has 0 saturated carbocycles. The highest BCUT2D eigenvalue weighted by Gasteiger charge is 2.16. The van der Waals surface area contributed by atoms with Gasteiger partial charge in [0.05, 0.1) is 6.04 Å². The lowest BCUT2D eigenvalue weighted by Gasteiger charge is -2.07. The molecule has 8 heteroatoms. The molecular weight excluding hydrogens is 262 g/mol. The molecule has 0 aliphatic rings. The number of nitrogens with zero attached hydrogens (tertiary/aromatic N) is 3. The molecule has 1 unspecified atom stereocenters. The van der Waals surface area contributed by atoms with Crippen molar-refractivity contribution >= 4 is 11.2 Å². The number of H-pyrrole nitrogens is 1. The molecule has 0 spiro atoms. The average Bonchev–Trinajstić information content (AvgIpc) is 2.85. The predicted octanol–water partition coefficient (Wildman–Crippen LogP) is -0.520. The summed E-state index contributed by atoms with van der Waals surface area (Å²) in [6.07, 6.45) is 0.657. The molecule has 0 amide bonds. The summed E-state index contributed by atoms with van der Waals surface area (Å²) in [5.74, 6) is 0.489. The van der Waals surface area contributed by atoms with Crippen molar-refractivity contribution in [1.29, 1.82) is 0 Å². The molecule has 2 heterocycles. The number of fused-ring (bicyclic) bond motifs is 1. The number of methoxy groups -OCH3 is 1. The smallest absolute Gasteiger partial charge is 0.332 e. The van der Waals surface area contributed by atoms with Gasteiger partial charge in [-0.1, -0.05) is 0 Å². The van der Waals surface area contributed by atoms with Gasteiger partial charge in [0, 0.05) is 27.3 Å². The highest BCUT2D eigenvalue weighted by molar-refractivity contribution is 5.69. The lowest BCUT2D eigenvalue weighted by atomic mass is 10.3. The van der Waals surface area contributed by atoms with Crippen molar-refractivity contribution in [1.82, 2.24) is 19.1 Å². The zero-order chi connectivity index (χ0) is 14.9. The number of aryl methyl sites for hydroxylation is 1. The van der Waals surface area contributed by atoms with Gasteiger partial charge in [-0.2, -0.15) is 0 Å². The molecule has 0 aliphatic heterocycles. The van der Waals surface area contributed by atoms with Crippen molar-refractivity contribution in [2.75, 3.05) is 13.7 Å². The first-order valence-electron chi connectivity index (χ1n) is 6.41. The summed E-state index contributed by atoms with van der Waals surface area (Å²) in [4.78, 5) is 31.4. The number of hydrogen-bond donors (Lipinski definition) is 2. The molecule has 0 radical (unpaired) electrons. The maximum Gasteiger partial charge on any atom is 0.332 e. The Morgan fingerprint density at radius 1 is 1.45 bits per heavy atom. The van der Waals surface area contributed by atoms with E-state index in [2.05, 4.69) is 9.97 Å². The lowest BCUT2D eigenvalue weighted by Crippen LogP contribution is -2.38. The van der Waals surface area contributed by atoms with Crippen molar-refractivity contribution in [2.45, 2.75) is 25.9 Å². The third-order valence-electron chi connectivity index (χ3n) is 3.16. The third kappa shape index (κ3) is 2.39. The number of aromatic amines is 1. The zero-order valence-corrected chi connectivity index (χ0v) is 11.8. The number of hydrogen-bond acceptors (Lipinski definition) is 5. The van der Waals surface area contributed by atoms with Crippen molar-refractivity contribution in [3.05, 3.63) is 26.7 Å². The van der Waals surface area contributed by atoms with Crippen LogP contribution in [0.3, 0.4) is 0 Å². The molecular formula is C12H19N5O3. The number of nitrogens with two attached hydrogens (primary N) is 1. The second-order valence-corrected chi connectivity index (χ2v) is 4.75. The molecule has 20 heavy (non-hydrogen) atoms. The summed E-state index contributed by atoms with van der Waals surface area (Å²) in [7, 11) is 3.05. The van der Waals surface area contributed by atoms with Crippen LogP contribution in [0.1, 0.15) is 25.2 Å². The molecule has 8 nitrogen and oxygen atoms in total. The van der Waals surface area contributed by atoms with Gasteiger partial charge in [-0.15, -0.1) is 0 Å². The van der Waals surface area contributed by atoms with Crippen LogP contribution in [0.2, 0.25) is 0 Å². The topological polar surface area (TPSA) is 108 Å². The third-order valence-corrected chi connectivity index (χ3v) is 3.16. The molecule has 2 aromatic heterocycles. The van der Waals surface area contributed by atoms with E-state index in [-0.39, 0.29) is 11.7 Å². The van der Waals surface area contributed by atoms with Gasteiger partial charge in [-0.05, 0) is 13.3 Å². The van der Waals surface area contributed by atoms with Crippen LogP contribution in [0.15, 0.2) is 9.59 Å². The SMILES string of the molecule is COCCCn1c(=O)n(C)c(=O)c2[nH]c(C(C)N)nc21. The number of ether oxygens (including phenoxy) is 1. The fourth-order valence-corrected chi connectivity index (χ4v) is 2.04. The van der Waals surface area contributed by atoms with Crippen molar-refractivity contribution in [3.63, 3.8) is 0 Å². The van der Waals surface area contributed by atoms with E-state index in [1.54, 1.807) is 14.0 Å². The van der Waals surface area contributed by atoms with Crippen LogP contribution in [-0.4, -0.2) is 32.8 Å². The molecule has 3 N–H and O–H groups in total. The fourth-order valence-electron chi connectivity index (χ4n) is 2.04. The van der Waals surface area contributed by atoms with Gasteiger partial charge in [-0.25, -0.2) is 9.78 Å². The minimum atomic E-state index is -0.396. The van der Waals surface area contributed by atoms with E-state index in [1.165, 1.54) is 11.6 Å². The Bertz CT molecular complexity index is 725. The van der Waals surface area contributed by atoms with Crippen LogP contribution in [0.5, 0.6) is 0 Å². The first kappa shape index (κ1) is 14.5. The van der Waals surface area contributed by atoms with E-state index >= 15 is 0 Å². The van der Waals surface area contributed by atoms with E-state index in [1.807, 2.05) is 0 Å². The van der Waals surface area contributed by atoms with Crippen LogP contribution < -0.4 is 17.0 Å². The maximum atomic E-state index is 12.2. The van der Waals surface area contributed by atoms with Crippen LogP contribution in [0.25, 0.3) is 11.2 Å². The molecule has 0 aliphatic carbocycles. The number of imidazole rings is 1. The Kier molecular flexibility index (Phi) is 4.05. The van der Waals surface area contributed by atoms with Crippen molar-refractivity contribution in [3.8, 4) is 0 Å². The molecule has 0 aromatic carbocycles. The highest BCUT2D eigenvalue weighted by Crippen LogP contribution is 2.10. The van der Waals surface area contributed by atoms with Crippen molar-refractivity contribution < 1.29 is 4.74 Å². The minimum absolute atomic E-state index is 0.303. The largest absolute Gasteiger partial charge is 0.385 e.